The van der Waals surface area contributed by atoms with Crippen LogP contribution in [0.2, 0.25) is 0 Å². The van der Waals surface area contributed by atoms with Gasteiger partial charge >= 0.3 is 5.97 Å². The summed E-state index contributed by atoms with van der Waals surface area (Å²) in [6.45, 7) is 4.65. The van der Waals surface area contributed by atoms with Crippen LogP contribution in [0.25, 0.3) is 11.1 Å². The Morgan fingerprint density at radius 3 is 2.44 bits per heavy atom. The van der Waals surface area contributed by atoms with Crippen LogP contribution in [0.1, 0.15) is 43.5 Å². The lowest BCUT2D eigenvalue weighted by atomic mass is 10.0. The van der Waals surface area contributed by atoms with Gasteiger partial charge < -0.3 is 14.8 Å². The molecule has 2 rings (SSSR count). The number of hydrogen-bond acceptors (Lipinski definition) is 5. The standard InChI is InChI=1S/C19H23NO4S/c1-4-6-16(21)20-18-17(19(22)23-3)15(12-25-18)13-7-9-14(10-8-13)24-11-5-2/h7-10,12H,4-6,11H2,1-3H3,(H,20,21). The minimum absolute atomic E-state index is 0.107. The molecule has 0 spiro atoms. The van der Waals surface area contributed by atoms with Crippen molar-refractivity contribution < 1.29 is 19.1 Å². The van der Waals surface area contributed by atoms with E-state index in [9.17, 15) is 9.59 Å². The molecule has 0 atom stereocenters. The minimum atomic E-state index is -0.464. The molecule has 0 radical (unpaired) electrons. The first-order chi connectivity index (χ1) is 12.1. The fraction of sp³-hybridized carbons (Fsp3) is 0.368. The first-order valence-electron chi connectivity index (χ1n) is 8.33. The van der Waals surface area contributed by atoms with Gasteiger partial charge in [0.05, 0.1) is 13.7 Å². The average molecular weight is 361 g/mol. The van der Waals surface area contributed by atoms with Crippen molar-refractivity contribution in [3.8, 4) is 16.9 Å². The molecule has 25 heavy (non-hydrogen) atoms. The Bertz CT molecular complexity index is 722. The first-order valence-corrected chi connectivity index (χ1v) is 9.21. The van der Waals surface area contributed by atoms with Crippen molar-refractivity contribution >= 4 is 28.2 Å². The molecular formula is C19H23NO4S. The first kappa shape index (κ1) is 19.0. The average Bonchev–Trinajstić information content (AvgIpc) is 3.03. The minimum Gasteiger partial charge on any atom is -0.494 e. The highest BCUT2D eigenvalue weighted by molar-refractivity contribution is 7.15. The third-order valence-corrected chi connectivity index (χ3v) is 4.44. The molecule has 134 valence electrons. The number of carbonyl (C=O) groups is 2. The van der Waals surface area contributed by atoms with Crippen LogP contribution in [0, 0.1) is 0 Å². The Hall–Kier alpha value is -2.34. The highest BCUT2D eigenvalue weighted by Crippen LogP contribution is 2.36. The zero-order chi connectivity index (χ0) is 18.2. The Labute approximate surface area is 152 Å². The lowest BCUT2D eigenvalue weighted by Gasteiger charge is -2.08. The van der Waals surface area contributed by atoms with E-state index in [1.807, 2.05) is 36.6 Å². The van der Waals surface area contributed by atoms with Gasteiger partial charge in [0.2, 0.25) is 5.91 Å². The summed E-state index contributed by atoms with van der Waals surface area (Å²) < 4.78 is 10.5. The van der Waals surface area contributed by atoms with E-state index in [4.69, 9.17) is 9.47 Å². The highest BCUT2D eigenvalue weighted by atomic mass is 32.1. The molecule has 0 aliphatic heterocycles. The highest BCUT2D eigenvalue weighted by Gasteiger charge is 2.22. The Balaban J connectivity index is 2.32. The largest absolute Gasteiger partial charge is 0.494 e. The molecule has 0 aliphatic carbocycles. The Morgan fingerprint density at radius 1 is 1.12 bits per heavy atom. The fourth-order valence-electron chi connectivity index (χ4n) is 2.33. The van der Waals surface area contributed by atoms with Gasteiger partial charge in [-0.05, 0) is 30.5 Å². The van der Waals surface area contributed by atoms with Gasteiger partial charge in [0, 0.05) is 17.4 Å². The van der Waals surface area contributed by atoms with Gasteiger partial charge in [-0.3, -0.25) is 4.79 Å². The van der Waals surface area contributed by atoms with E-state index in [0.717, 1.165) is 29.7 Å². The van der Waals surface area contributed by atoms with Gasteiger partial charge in [0.15, 0.2) is 0 Å². The molecule has 1 aromatic heterocycles. The number of ether oxygens (including phenoxy) is 2. The molecule has 1 aromatic carbocycles. The summed E-state index contributed by atoms with van der Waals surface area (Å²) in [5, 5.41) is 5.19. The number of rotatable bonds is 8. The van der Waals surface area contributed by atoms with Crippen LogP contribution < -0.4 is 10.1 Å². The summed E-state index contributed by atoms with van der Waals surface area (Å²) in [5.74, 6) is 0.218. The molecule has 0 fully saturated rings. The number of thiophene rings is 1. The number of nitrogens with one attached hydrogen (secondary N) is 1. The molecule has 1 amide bonds. The molecule has 0 bridgehead atoms. The molecule has 5 nitrogen and oxygen atoms in total. The van der Waals surface area contributed by atoms with Crippen LogP contribution in [0.4, 0.5) is 5.00 Å². The van der Waals surface area contributed by atoms with E-state index in [1.165, 1.54) is 18.4 Å². The van der Waals surface area contributed by atoms with E-state index in [0.29, 0.717) is 23.6 Å². The summed E-state index contributed by atoms with van der Waals surface area (Å²) in [6.07, 6.45) is 2.10. The molecule has 2 aromatic rings. The second kappa shape index (κ2) is 9.22. The van der Waals surface area contributed by atoms with Crippen molar-refractivity contribution in [2.75, 3.05) is 19.0 Å². The number of esters is 1. The van der Waals surface area contributed by atoms with Crippen LogP contribution in [0.3, 0.4) is 0 Å². The summed E-state index contributed by atoms with van der Waals surface area (Å²) in [7, 11) is 1.34. The quantitative estimate of drug-likeness (QED) is 0.691. The zero-order valence-corrected chi connectivity index (χ0v) is 15.6. The summed E-state index contributed by atoms with van der Waals surface area (Å²) in [5.41, 5.74) is 2.00. The second-order valence-corrected chi connectivity index (χ2v) is 6.40. The maximum absolute atomic E-state index is 12.2. The predicted molar refractivity (Wildman–Crippen MR) is 100 cm³/mol. The van der Waals surface area contributed by atoms with Crippen molar-refractivity contribution in [3.63, 3.8) is 0 Å². The number of benzene rings is 1. The summed E-state index contributed by atoms with van der Waals surface area (Å²) in [4.78, 5) is 24.1. The Morgan fingerprint density at radius 2 is 1.84 bits per heavy atom. The van der Waals surface area contributed by atoms with Gasteiger partial charge in [-0.2, -0.15) is 0 Å². The normalized spacial score (nSPS) is 10.4. The smallest absolute Gasteiger partial charge is 0.341 e. The number of hydrogen-bond donors (Lipinski definition) is 1. The topological polar surface area (TPSA) is 64.6 Å². The van der Waals surface area contributed by atoms with Gasteiger partial charge in [-0.15, -0.1) is 11.3 Å². The van der Waals surface area contributed by atoms with Crippen molar-refractivity contribution in [2.24, 2.45) is 0 Å². The summed E-state index contributed by atoms with van der Waals surface area (Å²) in [6, 6.07) is 7.55. The van der Waals surface area contributed by atoms with Crippen molar-refractivity contribution in [2.45, 2.75) is 33.1 Å². The second-order valence-electron chi connectivity index (χ2n) is 5.52. The SMILES string of the molecule is CCCOc1ccc(-c2csc(NC(=O)CCC)c2C(=O)OC)cc1. The van der Waals surface area contributed by atoms with Crippen LogP contribution in [0.15, 0.2) is 29.6 Å². The van der Waals surface area contributed by atoms with Gasteiger partial charge in [-0.1, -0.05) is 26.0 Å². The number of carbonyl (C=O) groups excluding carboxylic acids is 2. The van der Waals surface area contributed by atoms with Crippen molar-refractivity contribution in [1.82, 2.24) is 0 Å². The third kappa shape index (κ3) is 4.82. The van der Waals surface area contributed by atoms with Gasteiger partial charge in [0.25, 0.3) is 0 Å². The number of methoxy groups -OCH3 is 1. The number of amides is 1. The maximum Gasteiger partial charge on any atom is 0.341 e. The fourth-order valence-corrected chi connectivity index (χ4v) is 3.31. The van der Waals surface area contributed by atoms with E-state index in [-0.39, 0.29) is 5.91 Å². The van der Waals surface area contributed by atoms with E-state index in [2.05, 4.69) is 12.2 Å². The van der Waals surface area contributed by atoms with Crippen LogP contribution in [0.5, 0.6) is 5.75 Å². The molecule has 1 heterocycles. The predicted octanol–water partition coefficient (Wildman–Crippen LogP) is 4.73. The van der Waals surface area contributed by atoms with Crippen molar-refractivity contribution in [1.29, 1.82) is 0 Å². The molecular weight excluding hydrogens is 338 g/mol. The monoisotopic (exact) mass is 361 g/mol. The maximum atomic E-state index is 12.2. The van der Waals surface area contributed by atoms with Crippen LogP contribution in [-0.2, 0) is 9.53 Å². The molecule has 0 unspecified atom stereocenters. The van der Waals surface area contributed by atoms with Crippen molar-refractivity contribution in [3.05, 3.63) is 35.2 Å². The van der Waals surface area contributed by atoms with Crippen LogP contribution >= 0.6 is 11.3 Å². The van der Waals surface area contributed by atoms with Gasteiger partial charge in [-0.25, -0.2) is 4.79 Å². The zero-order valence-electron chi connectivity index (χ0n) is 14.8. The van der Waals surface area contributed by atoms with E-state index >= 15 is 0 Å². The molecule has 0 saturated heterocycles. The molecule has 0 saturated carbocycles. The molecule has 1 N–H and O–H groups in total. The third-order valence-electron chi connectivity index (χ3n) is 3.55. The van der Waals surface area contributed by atoms with E-state index < -0.39 is 5.97 Å². The van der Waals surface area contributed by atoms with Gasteiger partial charge in [0.1, 0.15) is 16.3 Å². The lowest BCUT2D eigenvalue weighted by molar-refractivity contribution is -0.116. The molecule has 0 aliphatic rings. The lowest BCUT2D eigenvalue weighted by Crippen LogP contribution is -2.13. The number of anilines is 1. The van der Waals surface area contributed by atoms with Crippen LogP contribution in [-0.4, -0.2) is 25.6 Å². The Kier molecular flexibility index (Phi) is 7.01. The van der Waals surface area contributed by atoms with E-state index in [1.54, 1.807) is 0 Å². The summed E-state index contributed by atoms with van der Waals surface area (Å²) >= 11 is 1.32. The molecule has 6 heteroatoms.